The summed E-state index contributed by atoms with van der Waals surface area (Å²) in [6, 6.07) is 3.18. The number of esters is 3. The summed E-state index contributed by atoms with van der Waals surface area (Å²) in [6.45, 7) is 10.6. The molecule has 0 saturated heterocycles. The van der Waals surface area contributed by atoms with E-state index in [0.29, 0.717) is 34.0 Å². The van der Waals surface area contributed by atoms with Crippen LogP contribution in [0.15, 0.2) is 35.4 Å². The highest BCUT2D eigenvalue weighted by Crippen LogP contribution is 2.44. The largest absolute Gasteiger partial charge is 0.493 e. The number of rotatable bonds is 10. The normalized spacial score (nSPS) is 17.4. The van der Waals surface area contributed by atoms with Gasteiger partial charge in [0.05, 0.1) is 7.11 Å². The van der Waals surface area contributed by atoms with Crippen molar-refractivity contribution in [3.8, 4) is 17.2 Å². The second kappa shape index (κ2) is 11.9. The molecule has 36 heavy (non-hydrogen) atoms. The third kappa shape index (κ3) is 6.37. The summed E-state index contributed by atoms with van der Waals surface area (Å²) in [6.07, 6.45) is -0.252. The molecule has 2 rings (SSSR count). The summed E-state index contributed by atoms with van der Waals surface area (Å²) >= 11 is 0. The SMILES string of the molecule is CC=C(C)C(=O)O[C@@H](C)[C@@](C)(O)C(=O)O[C@H](C)[C@@H](OC(=O)C(C)=CC)c1cc(OC)c2c(c1)OCO2. The molecule has 0 unspecified atom stereocenters. The molecule has 0 amide bonds. The fourth-order valence-corrected chi connectivity index (χ4v) is 3.08. The van der Waals surface area contributed by atoms with E-state index < -0.39 is 41.8 Å². The number of carbonyl (C=O) groups excluding carboxylic acids is 3. The third-order valence-corrected chi connectivity index (χ3v) is 5.96. The minimum atomic E-state index is -2.18. The van der Waals surface area contributed by atoms with Crippen LogP contribution in [0.4, 0.5) is 0 Å². The number of fused-ring (bicyclic) bond motifs is 1. The van der Waals surface area contributed by atoms with Gasteiger partial charge in [-0.3, -0.25) is 0 Å². The lowest BCUT2D eigenvalue weighted by molar-refractivity contribution is -0.192. The van der Waals surface area contributed by atoms with Gasteiger partial charge in [-0.15, -0.1) is 0 Å². The van der Waals surface area contributed by atoms with Crippen molar-refractivity contribution < 1.29 is 47.9 Å². The number of hydrogen-bond donors (Lipinski definition) is 1. The van der Waals surface area contributed by atoms with Crippen molar-refractivity contribution >= 4 is 17.9 Å². The lowest BCUT2D eigenvalue weighted by Gasteiger charge is -2.31. The molecule has 0 aromatic heterocycles. The van der Waals surface area contributed by atoms with Crippen molar-refractivity contribution in [1.29, 1.82) is 0 Å². The van der Waals surface area contributed by atoms with Crippen molar-refractivity contribution in [1.82, 2.24) is 0 Å². The van der Waals surface area contributed by atoms with E-state index in [9.17, 15) is 19.5 Å². The van der Waals surface area contributed by atoms with Gasteiger partial charge < -0.3 is 33.5 Å². The molecule has 1 heterocycles. The number of hydrogen-bond acceptors (Lipinski definition) is 10. The van der Waals surface area contributed by atoms with Gasteiger partial charge in [-0.25, -0.2) is 14.4 Å². The molecular weight excluding hydrogens is 472 g/mol. The number of allylic oxidation sites excluding steroid dienone is 2. The van der Waals surface area contributed by atoms with E-state index in [2.05, 4.69) is 0 Å². The smallest absolute Gasteiger partial charge is 0.342 e. The first-order valence-corrected chi connectivity index (χ1v) is 11.5. The Balaban J connectivity index is 2.34. The molecule has 1 N–H and O–H groups in total. The molecule has 0 radical (unpaired) electrons. The summed E-state index contributed by atoms with van der Waals surface area (Å²) in [5.41, 5.74) is -1.10. The minimum Gasteiger partial charge on any atom is -0.493 e. The Hall–Kier alpha value is -3.53. The first-order valence-electron chi connectivity index (χ1n) is 11.5. The molecule has 4 atom stereocenters. The Morgan fingerprint density at radius 1 is 1.00 bits per heavy atom. The summed E-state index contributed by atoms with van der Waals surface area (Å²) in [7, 11) is 1.45. The molecule has 1 aromatic carbocycles. The highest BCUT2D eigenvalue weighted by Gasteiger charge is 2.43. The molecule has 1 aliphatic rings. The molecule has 198 valence electrons. The zero-order valence-electron chi connectivity index (χ0n) is 21.9. The van der Waals surface area contributed by atoms with Gasteiger partial charge in [0.2, 0.25) is 12.5 Å². The molecule has 0 aliphatic carbocycles. The molecule has 1 aromatic rings. The minimum absolute atomic E-state index is 0.00596. The van der Waals surface area contributed by atoms with Crippen molar-refractivity contribution in [2.24, 2.45) is 0 Å². The summed E-state index contributed by atoms with van der Waals surface area (Å²) in [5.74, 6) is -1.25. The highest BCUT2D eigenvalue weighted by atomic mass is 16.7. The number of aliphatic hydroxyl groups is 1. The Bertz CT molecular complexity index is 1050. The molecule has 0 bridgehead atoms. The van der Waals surface area contributed by atoms with Gasteiger partial charge in [0.25, 0.3) is 0 Å². The predicted molar refractivity (Wildman–Crippen MR) is 129 cm³/mol. The van der Waals surface area contributed by atoms with Crippen LogP contribution in [0.25, 0.3) is 0 Å². The van der Waals surface area contributed by atoms with Crippen LogP contribution < -0.4 is 14.2 Å². The van der Waals surface area contributed by atoms with Crippen LogP contribution in [0.3, 0.4) is 0 Å². The van der Waals surface area contributed by atoms with E-state index in [0.717, 1.165) is 0 Å². The van der Waals surface area contributed by atoms with Gasteiger partial charge in [0.1, 0.15) is 12.2 Å². The highest BCUT2D eigenvalue weighted by molar-refractivity contribution is 5.89. The maximum absolute atomic E-state index is 13.0. The average molecular weight is 507 g/mol. The molecule has 1 aliphatic heterocycles. The van der Waals surface area contributed by atoms with E-state index in [-0.39, 0.29) is 6.79 Å². The lowest BCUT2D eigenvalue weighted by Crippen LogP contribution is -2.49. The molecule has 0 spiro atoms. The standard InChI is InChI=1S/C26H34O10/c1-9-14(3)23(27)35-17(6)26(7,30)25(29)34-16(5)21(36-24(28)15(4)10-2)18-11-19(31-8)22-20(12-18)32-13-33-22/h9-12,16-17,21,30H,13H2,1-8H3/t16-,17+,21-,26-/m1/s1. The molecule has 0 fully saturated rings. The van der Waals surface area contributed by atoms with E-state index in [1.54, 1.807) is 52.0 Å². The Labute approximate surface area is 210 Å². The summed E-state index contributed by atoms with van der Waals surface area (Å²) in [4.78, 5) is 37.7. The number of benzene rings is 1. The van der Waals surface area contributed by atoms with Crippen molar-refractivity contribution in [3.63, 3.8) is 0 Å². The summed E-state index contributed by atoms with van der Waals surface area (Å²) < 4.78 is 32.7. The monoisotopic (exact) mass is 506 g/mol. The maximum Gasteiger partial charge on any atom is 0.342 e. The van der Waals surface area contributed by atoms with Crippen LogP contribution in [0, 0.1) is 0 Å². The first-order chi connectivity index (χ1) is 16.9. The van der Waals surface area contributed by atoms with Crippen molar-refractivity contribution in [2.45, 2.75) is 72.4 Å². The van der Waals surface area contributed by atoms with Gasteiger partial charge in [-0.1, -0.05) is 12.2 Å². The van der Waals surface area contributed by atoms with E-state index >= 15 is 0 Å². The van der Waals surface area contributed by atoms with Crippen molar-refractivity contribution in [2.75, 3.05) is 13.9 Å². The number of ether oxygens (including phenoxy) is 6. The van der Waals surface area contributed by atoms with Gasteiger partial charge in [0.15, 0.2) is 23.2 Å². The van der Waals surface area contributed by atoms with Gasteiger partial charge in [-0.05, 0) is 60.6 Å². The molecule has 10 heteroatoms. The topological polar surface area (TPSA) is 127 Å². The van der Waals surface area contributed by atoms with Crippen LogP contribution in [0.1, 0.15) is 60.1 Å². The van der Waals surface area contributed by atoms with E-state index in [1.807, 2.05) is 0 Å². The summed E-state index contributed by atoms with van der Waals surface area (Å²) in [5, 5.41) is 10.8. The zero-order valence-corrected chi connectivity index (χ0v) is 21.9. The predicted octanol–water partition coefficient (Wildman–Crippen LogP) is 3.56. The molecule has 10 nitrogen and oxygen atoms in total. The van der Waals surface area contributed by atoms with Gasteiger partial charge in [-0.2, -0.15) is 0 Å². The van der Waals surface area contributed by atoms with Crippen LogP contribution in [0.5, 0.6) is 17.2 Å². The fraction of sp³-hybridized carbons (Fsp3) is 0.500. The van der Waals surface area contributed by atoms with E-state index in [4.69, 9.17) is 28.4 Å². The van der Waals surface area contributed by atoms with Crippen molar-refractivity contribution in [3.05, 3.63) is 41.0 Å². The number of methoxy groups -OCH3 is 1. The quantitative estimate of drug-likeness (QED) is 0.286. The van der Waals surface area contributed by atoms with Crippen LogP contribution in [-0.4, -0.2) is 54.7 Å². The second-order valence-corrected chi connectivity index (χ2v) is 8.53. The Morgan fingerprint density at radius 2 is 1.58 bits per heavy atom. The van der Waals surface area contributed by atoms with E-state index in [1.165, 1.54) is 27.9 Å². The Kier molecular flexibility index (Phi) is 9.52. The Morgan fingerprint density at radius 3 is 2.14 bits per heavy atom. The first kappa shape index (κ1) is 28.7. The third-order valence-electron chi connectivity index (χ3n) is 5.96. The van der Waals surface area contributed by atoms with Gasteiger partial charge >= 0.3 is 17.9 Å². The average Bonchev–Trinajstić information content (AvgIpc) is 3.33. The van der Waals surface area contributed by atoms with Crippen LogP contribution >= 0.6 is 0 Å². The van der Waals surface area contributed by atoms with Crippen LogP contribution in [-0.2, 0) is 28.6 Å². The maximum atomic E-state index is 13.0. The number of carbonyl (C=O) groups is 3. The fourth-order valence-electron chi connectivity index (χ4n) is 3.08. The van der Waals surface area contributed by atoms with Gasteiger partial charge in [0, 0.05) is 16.7 Å². The lowest BCUT2D eigenvalue weighted by atomic mass is 9.99. The second-order valence-electron chi connectivity index (χ2n) is 8.53. The van der Waals surface area contributed by atoms with Crippen LogP contribution in [0.2, 0.25) is 0 Å². The zero-order chi connectivity index (χ0) is 27.2. The molecule has 0 saturated carbocycles. The molecular formula is C26H34O10.